The highest BCUT2D eigenvalue weighted by molar-refractivity contribution is 5.07. The van der Waals surface area contributed by atoms with E-state index in [1.807, 2.05) is 13.8 Å². The Balaban J connectivity index is 0.000000531. The van der Waals surface area contributed by atoms with Crippen molar-refractivity contribution in [2.45, 2.75) is 65.8 Å². The summed E-state index contributed by atoms with van der Waals surface area (Å²) in [7, 11) is 0. The van der Waals surface area contributed by atoms with Crippen molar-refractivity contribution in [3.8, 4) is 0 Å². The molecule has 1 atom stereocenters. The number of nitrogens with zero attached hydrogens (tertiary/aromatic N) is 1. The van der Waals surface area contributed by atoms with Gasteiger partial charge in [-0.15, -0.1) is 0 Å². The molecule has 1 aliphatic heterocycles. The normalized spacial score (nSPS) is 28.8. The second-order valence-corrected chi connectivity index (χ2v) is 5.30. The summed E-state index contributed by atoms with van der Waals surface area (Å²) in [5.74, 6) is 1.90. The smallest absolute Gasteiger partial charge is 0.0213 e. The third-order valence-corrected chi connectivity index (χ3v) is 4.23. The minimum absolute atomic E-state index is 0.682. The lowest BCUT2D eigenvalue weighted by Gasteiger charge is -2.41. The Bertz CT molecular complexity index is 182. The SMILES string of the molecule is CC.CCN1CCC(C(C)C)CC12CC2. The van der Waals surface area contributed by atoms with E-state index in [4.69, 9.17) is 0 Å². The first-order chi connectivity index (χ1) is 7.18. The van der Waals surface area contributed by atoms with Crippen LogP contribution in [0.15, 0.2) is 0 Å². The lowest BCUT2D eigenvalue weighted by atomic mass is 9.81. The predicted molar refractivity (Wildman–Crippen MR) is 68.1 cm³/mol. The van der Waals surface area contributed by atoms with E-state index in [-0.39, 0.29) is 0 Å². The van der Waals surface area contributed by atoms with Gasteiger partial charge in [-0.05, 0) is 50.6 Å². The van der Waals surface area contributed by atoms with E-state index >= 15 is 0 Å². The third kappa shape index (κ3) is 2.75. The zero-order chi connectivity index (χ0) is 11.5. The van der Waals surface area contributed by atoms with Gasteiger partial charge in [0.15, 0.2) is 0 Å². The molecule has 1 saturated carbocycles. The van der Waals surface area contributed by atoms with Crippen molar-refractivity contribution in [1.82, 2.24) is 4.90 Å². The van der Waals surface area contributed by atoms with Crippen LogP contribution in [0.5, 0.6) is 0 Å². The Kier molecular flexibility index (Phi) is 4.64. The van der Waals surface area contributed by atoms with Crippen molar-refractivity contribution in [1.29, 1.82) is 0 Å². The van der Waals surface area contributed by atoms with Crippen LogP contribution < -0.4 is 0 Å². The Morgan fingerprint density at radius 1 is 1.27 bits per heavy atom. The standard InChI is InChI=1S/C12H23N.C2H6/c1-4-13-8-5-11(10(2)3)9-12(13)6-7-12;1-2/h10-11H,4-9H2,1-3H3;1-2H3. The Labute approximate surface area is 96.2 Å². The first-order valence-electron chi connectivity index (χ1n) is 6.93. The lowest BCUT2D eigenvalue weighted by molar-refractivity contribution is 0.0816. The third-order valence-electron chi connectivity index (χ3n) is 4.23. The first-order valence-corrected chi connectivity index (χ1v) is 6.93. The van der Waals surface area contributed by atoms with Gasteiger partial charge in [0, 0.05) is 5.54 Å². The van der Waals surface area contributed by atoms with Gasteiger partial charge < -0.3 is 0 Å². The Morgan fingerprint density at radius 2 is 1.87 bits per heavy atom. The van der Waals surface area contributed by atoms with Crippen LogP contribution in [0.1, 0.15) is 60.3 Å². The monoisotopic (exact) mass is 211 g/mol. The van der Waals surface area contributed by atoms with Crippen LogP contribution in [0.3, 0.4) is 0 Å². The van der Waals surface area contributed by atoms with Crippen LogP contribution in [0.2, 0.25) is 0 Å². The van der Waals surface area contributed by atoms with Crippen molar-refractivity contribution in [2.75, 3.05) is 13.1 Å². The van der Waals surface area contributed by atoms with Crippen molar-refractivity contribution >= 4 is 0 Å². The molecule has 1 heteroatoms. The lowest BCUT2D eigenvalue weighted by Crippen LogP contribution is -2.45. The van der Waals surface area contributed by atoms with E-state index in [1.54, 1.807) is 0 Å². The Hall–Kier alpha value is -0.0400. The summed E-state index contributed by atoms with van der Waals surface area (Å²) < 4.78 is 0. The number of likely N-dealkylation sites (tertiary alicyclic amines) is 1. The maximum absolute atomic E-state index is 2.73. The number of rotatable bonds is 2. The molecule has 0 aromatic carbocycles. The van der Waals surface area contributed by atoms with Gasteiger partial charge in [-0.3, -0.25) is 4.90 Å². The zero-order valence-corrected chi connectivity index (χ0v) is 11.3. The molecule has 1 saturated heterocycles. The Morgan fingerprint density at radius 3 is 2.27 bits per heavy atom. The predicted octanol–water partition coefficient (Wildman–Crippen LogP) is 3.93. The van der Waals surface area contributed by atoms with Crippen LogP contribution in [0, 0.1) is 11.8 Å². The number of hydrogen-bond acceptors (Lipinski definition) is 1. The molecule has 0 aromatic rings. The van der Waals surface area contributed by atoms with Crippen molar-refractivity contribution in [3.05, 3.63) is 0 Å². The largest absolute Gasteiger partial charge is 0.298 e. The van der Waals surface area contributed by atoms with Gasteiger partial charge in [-0.2, -0.15) is 0 Å². The topological polar surface area (TPSA) is 3.24 Å². The van der Waals surface area contributed by atoms with Crippen LogP contribution in [0.25, 0.3) is 0 Å². The van der Waals surface area contributed by atoms with Crippen LogP contribution in [-0.2, 0) is 0 Å². The summed E-state index contributed by atoms with van der Waals surface area (Å²) in [6, 6.07) is 0. The fourth-order valence-corrected chi connectivity index (χ4v) is 3.01. The van der Waals surface area contributed by atoms with E-state index in [0.717, 1.165) is 11.8 Å². The molecule has 1 nitrogen and oxygen atoms in total. The molecule has 1 unspecified atom stereocenters. The maximum Gasteiger partial charge on any atom is 0.0213 e. The van der Waals surface area contributed by atoms with Gasteiger partial charge >= 0.3 is 0 Å². The molecule has 1 aliphatic carbocycles. The van der Waals surface area contributed by atoms with Gasteiger partial charge in [0.1, 0.15) is 0 Å². The zero-order valence-electron chi connectivity index (χ0n) is 11.3. The minimum atomic E-state index is 0.682. The molecule has 1 spiro atoms. The molecule has 2 fully saturated rings. The second kappa shape index (κ2) is 5.34. The molecule has 15 heavy (non-hydrogen) atoms. The van der Waals surface area contributed by atoms with E-state index < -0.39 is 0 Å². The average Bonchev–Trinajstić information content (AvgIpc) is 3.01. The summed E-state index contributed by atoms with van der Waals surface area (Å²) in [5.41, 5.74) is 0.682. The maximum atomic E-state index is 2.73. The molecule has 1 heterocycles. The van der Waals surface area contributed by atoms with E-state index in [0.29, 0.717) is 5.54 Å². The van der Waals surface area contributed by atoms with Gasteiger partial charge in [0.05, 0.1) is 0 Å². The van der Waals surface area contributed by atoms with Crippen molar-refractivity contribution in [2.24, 2.45) is 11.8 Å². The molecule has 0 radical (unpaired) electrons. The minimum Gasteiger partial charge on any atom is -0.298 e. The second-order valence-electron chi connectivity index (χ2n) is 5.30. The first kappa shape index (κ1) is 13.0. The molecular weight excluding hydrogens is 182 g/mol. The molecule has 0 amide bonds. The van der Waals surface area contributed by atoms with E-state index in [2.05, 4.69) is 25.7 Å². The van der Waals surface area contributed by atoms with Gasteiger partial charge in [0.2, 0.25) is 0 Å². The molecule has 2 rings (SSSR count). The van der Waals surface area contributed by atoms with Crippen LogP contribution in [-0.4, -0.2) is 23.5 Å². The average molecular weight is 211 g/mol. The molecule has 2 aliphatic rings. The highest BCUT2D eigenvalue weighted by Gasteiger charge is 2.50. The molecule has 0 aromatic heterocycles. The van der Waals surface area contributed by atoms with Crippen LogP contribution >= 0.6 is 0 Å². The number of piperidine rings is 1. The fraction of sp³-hybridized carbons (Fsp3) is 1.00. The molecule has 0 N–H and O–H groups in total. The highest BCUT2D eigenvalue weighted by atomic mass is 15.2. The van der Waals surface area contributed by atoms with E-state index in [1.165, 1.54) is 38.8 Å². The van der Waals surface area contributed by atoms with Crippen molar-refractivity contribution in [3.63, 3.8) is 0 Å². The fourth-order valence-electron chi connectivity index (χ4n) is 3.01. The molecular formula is C14H29N. The highest BCUT2D eigenvalue weighted by Crippen LogP contribution is 2.50. The summed E-state index contributed by atoms with van der Waals surface area (Å²) in [6.45, 7) is 13.7. The van der Waals surface area contributed by atoms with Gasteiger partial charge in [-0.1, -0.05) is 34.6 Å². The van der Waals surface area contributed by atoms with Gasteiger partial charge in [-0.25, -0.2) is 0 Å². The summed E-state index contributed by atoms with van der Waals surface area (Å²) in [4.78, 5) is 2.73. The summed E-state index contributed by atoms with van der Waals surface area (Å²) in [5, 5.41) is 0. The summed E-state index contributed by atoms with van der Waals surface area (Å²) >= 11 is 0. The number of hydrogen-bond donors (Lipinski definition) is 0. The molecule has 90 valence electrons. The quantitative estimate of drug-likeness (QED) is 0.669. The van der Waals surface area contributed by atoms with Gasteiger partial charge in [0.25, 0.3) is 0 Å². The summed E-state index contributed by atoms with van der Waals surface area (Å²) in [6.07, 6.45) is 5.87. The van der Waals surface area contributed by atoms with E-state index in [9.17, 15) is 0 Å². The van der Waals surface area contributed by atoms with Crippen LogP contribution in [0.4, 0.5) is 0 Å². The molecule has 0 bridgehead atoms. The van der Waals surface area contributed by atoms with Crippen molar-refractivity contribution < 1.29 is 0 Å².